The van der Waals surface area contributed by atoms with Crippen LogP contribution in [0.4, 0.5) is 19.0 Å². The number of benzene rings is 1. The third kappa shape index (κ3) is 4.34. The fourth-order valence-corrected chi connectivity index (χ4v) is 1.78. The van der Waals surface area contributed by atoms with E-state index in [1.165, 1.54) is 24.3 Å². The van der Waals surface area contributed by atoms with Crippen molar-refractivity contribution in [2.75, 3.05) is 11.9 Å². The van der Waals surface area contributed by atoms with E-state index in [2.05, 4.69) is 14.9 Å². The zero-order valence-corrected chi connectivity index (χ0v) is 11.5. The van der Waals surface area contributed by atoms with Crippen LogP contribution in [0.1, 0.15) is 11.3 Å². The zero-order chi connectivity index (χ0) is 16.2. The van der Waals surface area contributed by atoms with Gasteiger partial charge in [0.2, 0.25) is 0 Å². The summed E-state index contributed by atoms with van der Waals surface area (Å²) >= 11 is 0. The van der Waals surface area contributed by atoms with Crippen LogP contribution >= 0.6 is 0 Å². The number of alkyl halides is 3. The maximum Gasteiger partial charge on any atom is 0.573 e. The lowest BCUT2D eigenvalue weighted by atomic mass is 10.2. The minimum Gasteiger partial charge on any atom is -0.406 e. The molecule has 0 unspecified atom stereocenters. The lowest BCUT2D eigenvalue weighted by molar-refractivity contribution is -0.274. The molecular weight excluding hydrogens is 297 g/mol. The molecular formula is C14H11F3N4O. The van der Waals surface area contributed by atoms with Gasteiger partial charge in [-0.2, -0.15) is 5.26 Å². The van der Waals surface area contributed by atoms with E-state index in [0.29, 0.717) is 17.9 Å². The standard InChI is InChI=1S/C14H11F3N4O/c1-21(13-6-5-11(8-18)19-20-13)9-10-3-2-4-12(7-10)22-14(15,16)17/h2-7H,9H2,1H3. The lowest BCUT2D eigenvalue weighted by Crippen LogP contribution is -2.19. The van der Waals surface area contributed by atoms with Crippen molar-refractivity contribution < 1.29 is 17.9 Å². The van der Waals surface area contributed by atoms with Crippen molar-refractivity contribution >= 4 is 5.82 Å². The average molecular weight is 308 g/mol. The van der Waals surface area contributed by atoms with E-state index in [0.717, 1.165) is 0 Å². The van der Waals surface area contributed by atoms with Crippen LogP contribution in [0.5, 0.6) is 5.75 Å². The fourth-order valence-electron chi connectivity index (χ4n) is 1.78. The number of hydrogen-bond donors (Lipinski definition) is 0. The van der Waals surface area contributed by atoms with Crippen molar-refractivity contribution in [3.8, 4) is 11.8 Å². The number of hydrogen-bond acceptors (Lipinski definition) is 5. The molecule has 0 radical (unpaired) electrons. The van der Waals surface area contributed by atoms with Crippen molar-refractivity contribution in [3.05, 3.63) is 47.7 Å². The largest absolute Gasteiger partial charge is 0.573 e. The first-order valence-corrected chi connectivity index (χ1v) is 6.17. The zero-order valence-electron chi connectivity index (χ0n) is 11.5. The van der Waals surface area contributed by atoms with E-state index < -0.39 is 6.36 Å². The Morgan fingerprint density at radius 1 is 1.23 bits per heavy atom. The van der Waals surface area contributed by atoms with Crippen LogP contribution in [-0.4, -0.2) is 23.6 Å². The van der Waals surface area contributed by atoms with Gasteiger partial charge in [-0.05, 0) is 29.8 Å². The topological polar surface area (TPSA) is 62.0 Å². The molecule has 0 saturated carbocycles. The Kier molecular flexibility index (Phi) is 4.46. The van der Waals surface area contributed by atoms with E-state index in [1.54, 1.807) is 24.1 Å². The molecule has 0 aliphatic rings. The summed E-state index contributed by atoms with van der Waals surface area (Å²) in [6.07, 6.45) is -4.72. The van der Waals surface area contributed by atoms with Gasteiger partial charge < -0.3 is 9.64 Å². The SMILES string of the molecule is CN(Cc1cccc(OC(F)(F)F)c1)c1ccc(C#N)nn1. The second-order valence-corrected chi connectivity index (χ2v) is 4.44. The summed E-state index contributed by atoms with van der Waals surface area (Å²) in [7, 11) is 1.72. The number of nitrogens with zero attached hydrogens (tertiary/aromatic N) is 4. The average Bonchev–Trinajstić information content (AvgIpc) is 2.46. The predicted molar refractivity (Wildman–Crippen MR) is 72.0 cm³/mol. The number of anilines is 1. The summed E-state index contributed by atoms with van der Waals surface area (Å²) in [5.41, 5.74) is 0.813. The molecule has 0 saturated heterocycles. The molecule has 8 heteroatoms. The van der Waals surface area contributed by atoms with Crippen molar-refractivity contribution in [2.45, 2.75) is 12.9 Å². The Hall–Kier alpha value is -2.82. The van der Waals surface area contributed by atoms with Crippen LogP contribution < -0.4 is 9.64 Å². The fraction of sp³-hybridized carbons (Fsp3) is 0.214. The number of ether oxygens (including phenoxy) is 1. The Labute approximate surface area is 124 Å². The van der Waals surface area contributed by atoms with Gasteiger partial charge in [0.25, 0.3) is 0 Å². The summed E-state index contributed by atoms with van der Waals surface area (Å²) in [6.45, 7) is 0.315. The quantitative estimate of drug-likeness (QED) is 0.869. The molecule has 0 aliphatic carbocycles. The Bertz CT molecular complexity index is 680. The Morgan fingerprint density at radius 3 is 2.59 bits per heavy atom. The van der Waals surface area contributed by atoms with Crippen molar-refractivity contribution in [3.63, 3.8) is 0 Å². The predicted octanol–water partition coefficient (Wildman–Crippen LogP) is 2.88. The molecule has 1 aromatic carbocycles. The molecule has 0 N–H and O–H groups in total. The molecule has 0 amide bonds. The highest BCUT2D eigenvalue weighted by Crippen LogP contribution is 2.24. The van der Waals surface area contributed by atoms with Gasteiger partial charge in [-0.1, -0.05) is 12.1 Å². The minimum atomic E-state index is -4.72. The molecule has 22 heavy (non-hydrogen) atoms. The van der Waals surface area contributed by atoms with Crippen LogP contribution in [0.25, 0.3) is 0 Å². The van der Waals surface area contributed by atoms with Gasteiger partial charge in [0.1, 0.15) is 11.8 Å². The van der Waals surface area contributed by atoms with Crippen LogP contribution in [0.15, 0.2) is 36.4 Å². The third-order valence-electron chi connectivity index (χ3n) is 2.71. The van der Waals surface area contributed by atoms with Gasteiger partial charge in [-0.15, -0.1) is 23.4 Å². The Morgan fingerprint density at radius 2 is 2.00 bits per heavy atom. The maximum absolute atomic E-state index is 12.2. The first-order valence-electron chi connectivity index (χ1n) is 6.17. The van der Waals surface area contributed by atoms with E-state index in [4.69, 9.17) is 5.26 Å². The smallest absolute Gasteiger partial charge is 0.406 e. The molecule has 2 aromatic rings. The monoisotopic (exact) mass is 308 g/mol. The van der Waals surface area contributed by atoms with Gasteiger partial charge >= 0.3 is 6.36 Å². The molecule has 1 aromatic heterocycles. The van der Waals surface area contributed by atoms with Gasteiger partial charge in [-0.25, -0.2) is 0 Å². The third-order valence-corrected chi connectivity index (χ3v) is 2.71. The van der Waals surface area contributed by atoms with E-state index >= 15 is 0 Å². The van der Waals surface area contributed by atoms with Crippen molar-refractivity contribution in [1.29, 1.82) is 5.26 Å². The van der Waals surface area contributed by atoms with Gasteiger partial charge in [0.05, 0.1) is 0 Å². The number of aromatic nitrogens is 2. The van der Waals surface area contributed by atoms with E-state index in [9.17, 15) is 13.2 Å². The molecule has 0 spiro atoms. The summed E-state index contributed by atoms with van der Waals surface area (Å²) in [4.78, 5) is 1.70. The summed E-state index contributed by atoms with van der Waals surface area (Å²) in [5, 5.41) is 16.2. The summed E-state index contributed by atoms with van der Waals surface area (Å²) < 4.78 is 40.5. The van der Waals surface area contributed by atoms with Crippen LogP contribution in [0, 0.1) is 11.3 Å². The highest BCUT2D eigenvalue weighted by atomic mass is 19.4. The van der Waals surface area contributed by atoms with E-state index in [1.807, 2.05) is 6.07 Å². The molecule has 2 rings (SSSR count). The second-order valence-electron chi connectivity index (χ2n) is 4.44. The lowest BCUT2D eigenvalue weighted by Gasteiger charge is -2.18. The highest BCUT2D eigenvalue weighted by molar-refractivity contribution is 5.40. The molecule has 0 atom stereocenters. The van der Waals surface area contributed by atoms with Crippen LogP contribution in [0.3, 0.4) is 0 Å². The van der Waals surface area contributed by atoms with Gasteiger partial charge in [0.15, 0.2) is 11.5 Å². The molecule has 0 bridgehead atoms. The van der Waals surface area contributed by atoms with E-state index in [-0.39, 0.29) is 11.4 Å². The van der Waals surface area contributed by atoms with Gasteiger partial charge in [-0.3, -0.25) is 0 Å². The summed E-state index contributed by atoms with van der Waals surface area (Å²) in [6, 6.07) is 10.7. The molecule has 0 fully saturated rings. The molecule has 114 valence electrons. The Balaban J connectivity index is 2.09. The first-order chi connectivity index (χ1) is 10.4. The maximum atomic E-state index is 12.2. The molecule has 0 aliphatic heterocycles. The second kappa shape index (κ2) is 6.30. The van der Waals surface area contributed by atoms with Crippen LogP contribution in [-0.2, 0) is 6.54 Å². The van der Waals surface area contributed by atoms with Gasteiger partial charge in [0, 0.05) is 13.6 Å². The van der Waals surface area contributed by atoms with Crippen molar-refractivity contribution in [1.82, 2.24) is 10.2 Å². The van der Waals surface area contributed by atoms with Crippen molar-refractivity contribution in [2.24, 2.45) is 0 Å². The molecule has 1 heterocycles. The van der Waals surface area contributed by atoms with Crippen LogP contribution in [0.2, 0.25) is 0 Å². The number of halogens is 3. The number of rotatable bonds is 4. The highest BCUT2D eigenvalue weighted by Gasteiger charge is 2.31. The molecule has 5 nitrogen and oxygen atoms in total. The number of nitriles is 1. The first kappa shape index (κ1) is 15.6. The normalized spacial score (nSPS) is 10.9. The summed E-state index contributed by atoms with van der Waals surface area (Å²) in [5.74, 6) is 0.227. The minimum absolute atomic E-state index is 0.192.